The Balaban J connectivity index is 1.56. The van der Waals surface area contributed by atoms with Crippen molar-refractivity contribution in [2.45, 2.75) is 20.0 Å². The predicted molar refractivity (Wildman–Crippen MR) is 115 cm³/mol. The molecule has 5 heteroatoms. The van der Waals surface area contributed by atoms with E-state index in [0.717, 1.165) is 16.7 Å². The van der Waals surface area contributed by atoms with Crippen molar-refractivity contribution in [2.75, 3.05) is 13.2 Å². The number of nitrogens with zero attached hydrogens (tertiary/aromatic N) is 1. The molecule has 0 aromatic heterocycles. The van der Waals surface area contributed by atoms with Crippen LogP contribution in [0.3, 0.4) is 0 Å². The molecule has 154 valence electrons. The number of hydrogen-bond donors (Lipinski definition) is 0. The van der Waals surface area contributed by atoms with Crippen LogP contribution in [0.1, 0.15) is 16.7 Å². The molecule has 0 aliphatic heterocycles. The summed E-state index contributed by atoms with van der Waals surface area (Å²) in [6, 6.07) is 26.9. The molecule has 0 fully saturated rings. The molecule has 0 atom stereocenters. The lowest BCUT2D eigenvalue weighted by molar-refractivity contribution is -0.154. The summed E-state index contributed by atoms with van der Waals surface area (Å²) in [4.78, 5) is 26.5. The van der Waals surface area contributed by atoms with E-state index in [0.29, 0.717) is 18.8 Å². The topological polar surface area (TPSA) is 55.8 Å². The second-order valence-corrected chi connectivity index (χ2v) is 6.94. The smallest absolute Gasteiger partial charge is 0.344 e. The summed E-state index contributed by atoms with van der Waals surface area (Å²) in [5.41, 5.74) is 2.95. The highest BCUT2D eigenvalue weighted by atomic mass is 16.6. The van der Waals surface area contributed by atoms with Crippen LogP contribution in [0.25, 0.3) is 0 Å². The third-order valence-electron chi connectivity index (χ3n) is 4.58. The number of rotatable bonds is 9. The number of benzene rings is 3. The first-order valence-corrected chi connectivity index (χ1v) is 9.81. The first kappa shape index (κ1) is 21.1. The summed E-state index contributed by atoms with van der Waals surface area (Å²) >= 11 is 0. The zero-order valence-electron chi connectivity index (χ0n) is 17.0. The first-order chi connectivity index (χ1) is 14.6. The van der Waals surface area contributed by atoms with E-state index in [4.69, 9.17) is 9.47 Å². The number of carbonyl (C=O) groups is 2. The van der Waals surface area contributed by atoms with Crippen LogP contribution in [0.5, 0.6) is 5.75 Å². The van der Waals surface area contributed by atoms with Gasteiger partial charge in [0.15, 0.2) is 13.2 Å². The van der Waals surface area contributed by atoms with E-state index in [9.17, 15) is 9.59 Å². The molecule has 3 rings (SSSR count). The van der Waals surface area contributed by atoms with Gasteiger partial charge in [0.25, 0.3) is 5.91 Å². The molecule has 0 saturated heterocycles. The molecule has 5 nitrogen and oxygen atoms in total. The van der Waals surface area contributed by atoms with Gasteiger partial charge in [-0.05, 0) is 29.7 Å². The maximum absolute atomic E-state index is 12.8. The summed E-state index contributed by atoms with van der Waals surface area (Å²) in [6.45, 7) is 2.21. The molecular weight excluding hydrogens is 378 g/mol. The molecule has 30 heavy (non-hydrogen) atoms. The molecular formula is C25H25NO4. The second-order valence-electron chi connectivity index (χ2n) is 6.94. The average Bonchev–Trinajstić information content (AvgIpc) is 2.78. The number of hydrogen-bond acceptors (Lipinski definition) is 4. The van der Waals surface area contributed by atoms with Crippen molar-refractivity contribution < 1.29 is 19.1 Å². The fourth-order valence-corrected chi connectivity index (χ4v) is 2.97. The van der Waals surface area contributed by atoms with Gasteiger partial charge in [-0.3, -0.25) is 4.79 Å². The van der Waals surface area contributed by atoms with Crippen molar-refractivity contribution in [3.8, 4) is 5.75 Å². The normalized spacial score (nSPS) is 10.3. The van der Waals surface area contributed by atoms with E-state index in [2.05, 4.69) is 0 Å². The van der Waals surface area contributed by atoms with E-state index in [1.807, 2.05) is 85.8 Å². The van der Waals surface area contributed by atoms with E-state index in [-0.39, 0.29) is 19.1 Å². The Morgan fingerprint density at radius 2 is 1.27 bits per heavy atom. The van der Waals surface area contributed by atoms with Crippen molar-refractivity contribution in [1.82, 2.24) is 4.90 Å². The third-order valence-corrected chi connectivity index (χ3v) is 4.58. The minimum absolute atomic E-state index is 0.241. The van der Waals surface area contributed by atoms with Crippen LogP contribution in [-0.2, 0) is 27.4 Å². The second kappa shape index (κ2) is 10.8. The van der Waals surface area contributed by atoms with Gasteiger partial charge in [-0.15, -0.1) is 0 Å². The van der Waals surface area contributed by atoms with Gasteiger partial charge in [0.05, 0.1) is 0 Å². The summed E-state index contributed by atoms with van der Waals surface area (Å²) in [5.74, 6) is -0.214. The molecule has 0 aliphatic carbocycles. The quantitative estimate of drug-likeness (QED) is 0.504. The van der Waals surface area contributed by atoms with Crippen LogP contribution in [0, 0.1) is 6.92 Å². The van der Waals surface area contributed by atoms with E-state index in [1.54, 1.807) is 11.0 Å². The highest BCUT2D eigenvalue weighted by molar-refractivity contribution is 5.81. The monoisotopic (exact) mass is 403 g/mol. The maximum atomic E-state index is 12.8. The highest BCUT2D eigenvalue weighted by Crippen LogP contribution is 2.16. The molecule has 3 aromatic carbocycles. The fourth-order valence-electron chi connectivity index (χ4n) is 2.97. The zero-order valence-corrected chi connectivity index (χ0v) is 17.0. The Morgan fingerprint density at radius 1 is 0.733 bits per heavy atom. The Hall–Kier alpha value is -3.60. The lowest BCUT2D eigenvalue weighted by atomic mass is 10.1. The lowest BCUT2D eigenvalue weighted by Crippen LogP contribution is -2.34. The predicted octanol–water partition coefficient (Wildman–Crippen LogP) is 4.15. The van der Waals surface area contributed by atoms with Crippen molar-refractivity contribution in [2.24, 2.45) is 0 Å². The van der Waals surface area contributed by atoms with Crippen LogP contribution >= 0.6 is 0 Å². The van der Waals surface area contributed by atoms with Gasteiger partial charge in [0.2, 0.25) is 0 Å². The van der Waals surface area contributed by atoms with Gasteiger partial charge in [-0.2, -0.15) is 0 Å². The minimum Gasteiger partial charge on any atom is -0.482 e. The van der Waals surface area contributed by atoms with Crippen molar-refractivity contribution >= 4 is 11.9 Å². The van der Waals surface area contributed by atoms with Crippen LogP contribution in [0.15, 0.2) is 84.9 Å². The molecule has 0 unspecified atom stereocenters. The van der Waals surface area contributed by atoms with Gasteiger partial charge in [0, 0.05) is 13.1 Å². The molecule has 3 aromatic rings. The van der Waals surface area contributed by atoms with Gasteiger partial charge in [0.1, 0.15) is 5.75 Å². The third kappa shape index (κ3) is 6.48. The van der Waals surface area contributed by atoms with Crippen LogP contribution < -0.4 is 4.74 Å². The SMILES string of the molecule is Cc1ccccc1OCC(=O)OCC(=O)N(Cc1ccccc1)Cc1ccccc1. The van der Waals surface area contributed by atoms with E-state index < -0.39 is 5.97 Å². The minimum atomic E-state index is -0.578. The van der Waals surface area contributed by atoms with E-state index in [1.165, 1.54) is 0 Å². The maximum Gasteiger partial charge on any atom is 0.344 e. The summed E-state index contributed by atoms with van der Waals surface area (Å²) in [7, 11) is 0. The van der Waals surface area contributed by atoms with Gasteiger partial charge in [-0.1, -0.05) is 78.9 Å². The van der Waals surface area contributed by atoms with E-state index >= 15 is 0 Å². The van der Waals surface area contributed by atoms with Gasteiger partial charge < -0.3 is 14.4 Å². The molecule has 0 radical (unpaired) electrons. The number of amides is 1. The molecule has 0 bridgehead atoms. The Morgan fingerprint density at radius 3 is 1.83 bits per heavy atom. The first-order valence-electron chi connectivity index (χ1n) is 9.81. The number of carbonyl (C=O) groups excluding carboxylic acids is 2. The largest absolute Gasteiger partial charge is 0.482 e. The summed E-state index contributed by atoms with van der Waals surface area (Å²) < 4.78 is 10.6. The Kier molecular flexibility index (Phi) is 7.61. The molecule has 0 saturated carbocycles. The Bertz CT molecular complexity index is 916. The highest BCUT2D eigenvalue weighted by Gasteiger charge is 2.17. The van der Waals surface area contributed by atoms with Crippen molar-refractivity contribution in [1.29, 1.82) is 0 Å². The zero-order chi connectivity index (χ0) is 21.2. The molecule has 1 amide bonds. The molecule has 0 heterocycles. The number of aryl methyl sites for hydroxylation is 1. The fraction of sp³-hybridized carbons (Fsp3) is 0.200. The lowest BCUT2D eigenvalue weighted by Gasteiger charge is -2.23. The van der Waals surface area contributed by atoms with Crippen LogP contribution in [0.2, 0.25) is 0 Å². The number of para-hydroxylation sites is 1. The standard InChI is InChI=1S/C25H25NO4/c1-20-10-8-9-15-23(20)29-19-25(28)30-18-24(27)26(16-21-11-4-2-5-12-21)17-22-13-6-3-7-14-22/h2-15H,16-19H2,1H3. The Labute approximate surface area is 176 Å². The molecule has 0 N–H and O–H groups in total. The number of esters is 1. The van der Waals surface area contributed by atoms with Gasteiger partial charge in [-0.25, -0.2) is 4.79 Å². The van der Waals surface area contributed by atoms with Gasteiger partial charge >= 0.3 is 5.97 Å². The number of ether oxygens (including phenoxy) is 2. The average molecular weight is 403 g/mol. The summed E-state index contributed by atoms with van der Waals surface area (Å²) in [6.07, 6.45) is 0. The van der Waals surface area contributed by atoms with Crippen LogP contribution in [-0.4, -0.2) is 30.0 Å². The van der Waals surface area contributed by atoms with Crippen LogP contribution in [0.4, 0.5) is 0 Å². The van der Waals surface area contributed by atoms with Crippen molar-refractivity contribution in [3.63, 3.8) is 0 Å². The summed E-state index contributed by atoms with van der Waals surface area (Å²) in [5, 5.41) is 0. The molecule has 0 spiro atoms. The van der Waals surface area contributed by atoms with Crippen molar-refractivity contribution in [3.05, 3.63) is 102 Å². The molecule has 0 aliphatic rings.